The van der Waals surface area contributed by atoms with E-state index in [1.807, 2.05) is 91.0 Å². The van der Waals surface area contributed by atoms with Gasteiger partial charge in [0.1, 0.15) is 5.52 Å². The van der Waals surface area contributed by atoms with Crippen LogP contribution in [0.1, 0.15) is 0 Å². The zero-order valence-electron chi connectivity index (χ0n) is 20.0. The van der Waals surface area contributed by atoms with Crippen LogP contribution in [-0.4, -0.2) is 19.9 Å². The Morgan fingerprint density at radius 3 is 1.82 bits per heavy atom. The van der Waals surface area contributed by atoms with Gasteiger partial charge in [0.05, 0.1) is 0 Å². The van der Waals surface area contributed by atoms with Crippen molar-refractivity contribution in [3.05, 3.63) is 121 Å². The van der Waals surface area contributed by atoms with Crippen molar-refractivity contribution in [3.63, 3.8) is 0 Å². The van der Waals surface area contributed by atoms with Crippen molar-refractivity contribution in [2.75, 3.05) is 0 Å². The van der Waals surface area contributed by atoms with Gasteiger partial charge in [-0.25, -0.2) is 9.97 Å². The highest BCUT2D eigenvalue weighted by molar-refractivity contribution is 6.28. The first-order valence-corrected chi connectivity index (χ1v) is 12.6. The quantitative estimate of drug-likeness (QED) is 0.237. The third kappa shape index (κ3) is 4.09. The second-order valence-electron chi connectivity index (χ2n) is 8.93. The summed E-state index contributed by atoms with van der Waals surface area (Å²) in [6, 6.07) is 38.3. The predicted molar refractivity (Wildman–Crippen MR) is 152 cm³/mol. The fourth-order valence-corrected chi connectivity index (χ4v) is 4.76. The molecule has 0 saturated carbocycles. The average molecular weight is 511 g/mol. The summed E-state index contributed by atoms with van der Waals surface area (Å²) in [6.45, 7) is 0. The van der Waals surface area contributed by atoms with E-state index < -0.39 is 0 Å². The molecule has 7 rings (SSSR count). The summed E-state index contributed by atoms with van der Waals surface area (Å²) in [5.74, 6) is 1.60. The highest BCUT2D eigenvalue weighted by Gasteiger charge is 2.14. The van der Waals surface area contributed by atoms with Gasteiger partial charge in [0.2, 0.25) is 11.2 Å². The van der Waals surface area contributed by atoms with Crippen LogP contribution in [0.5, 0.6) is 0 Å². The van der Waals surface area contributed by atoms with E-state index in [1.165, 1.54) is 0 Å². The van der Waals surface area contributed by atoms with Gasteiger partial charge >= 0.3 is 0 Å². The molecular weight excluding hydrogens is 492 g/mol. The minimum atomic E-state index is 0.140. The SMILES string of the molecule is Clc1nc(-c2ccc(-c3ccccc3)cc2)nc(-c2ccc3ccc4nc(-c5ccccc5)oc4c3c2)n1. The smallest absolute Gasteiger partial charge is 0.227 e. The Morgan fingerprint density at radius 2 is 1.08 bits per heavy atom. The van der Waals surface area contributed by atoms with Gasteiger partial charge in [0, 0.05) is 22.1 Å². The lowest BCUT2D eigenvalue weighted by Crippen LogP contribution is -1.97. The molecule has 38 heavy (non-hydrogen) atoms. The van der Waals surface area contributed by atoms with Crippen molar-refractivity contribution in [2.45, 2.75) is 0 Å². The predicted octanol–water partition coefficient (Wildman–Crippen LogP) is 8.49. The third-order valence-electron chi connectivity index (χ3n) is 6.51. The molecule has 0 bridgehead atoms. The Labute approximate surface area is 223 Å². The van der Waals surface area contributed by atoms with Gasteiger partial charge in [-0.15, -0.1) is 0 Å². The molecular formula is C32H19ClN4O. The first kappa shape index (κ1) is 22.3. The van der Waals surface area contributed by atoms with Gasteiger partial charge in [-0.1, -0.05) is 91.0 Å². The van der Waals surface area contributed by atoms with Crippen molar-refractivity contribution in [3.8, 4) is 45.4 Å². The Kier molecular flexibility index (Phi) is 5.42. The van der Waals surface area contributed by atoms with Crippen LogP contribution in [0.15, 0.2) is 120 Å². The highest BCUT2D eigenvalue weighted by atomic mass is 35.5. The maximum absolute atomic E-state index is 6.37. The molecule has 0 aliphatic carbocycles. The molecule has 0 aliphatic heterocycles. The second kappa shape index (κ2) is 9.21. The number of nitrogens with zero attached hydrogens (tertiary/aromatic N) is 4. The fourth-order valence-electron chi connectivity index (χ4n) is 4.60. The number of fused-ring (bicyclic) bond motifs is 3. The van der Waals surface area contributed by atoms with Crippen LogP contribution in [0, 0.1) is 0 Å². The average Bonchev–Trinajstić information content (AvgIpc) is 3.43. The van der Waals surface area contributed by atoms with Gasteiger partial charge in [0.25, 0.3) is 0 Å². The normalized spacial score (nSPS) is 11.3. The van der Waals surface area contributed by atoms with Crippen molar-refractivity contribution in [2.24, 2.45) is 0 Å². The van der Waals surface area contributed by atoms with Crippen LogP contribution in [0.25, 0.3) is 67.2 Å². The summed E-state index contributed by atoms with van der Waals surface area (Å²) in [7, 11) is 0. The second-order valence-corrected chi connectivity index (χ2v) is 9.27. The molecule has 0 N–H and O–H groups in total. The molecule has 0 aliphatic rings. The van der Waals surface area contributed by atoms with Gasteiger partial charge < -0.3 is 4.42 Å². The Balaban J connectivity index is 1.29. The Morgan fingerprint density at radius 1 is 0.500 bits per heavy atom. The van der Waals surface area contributed by atoms with Crippen LogP contribution in [0.3, 0.4) is 0 Å². The summed E-state index contributed by atoms with van der Waals surface area (Å²) >= 11 is 6.37. The first-order chi connectivity index (χ1) is 18.7. The molecule has 5 aromatic carbocycles. The first-order valence-electron chi connectivity index (χ1n) is 12.2. The van der Waals surface area contributed by atoms with Crippen molar-refractivity contribution in [1.82, 2.24) is 19.9 Å². The number of hydrogen-bond donors (Lipinski definition) is 0. The summed E-state index contributed by atoms with van der Waals surface area (Å²) < 4.78 is 6.23. The molecule has 6 heteroatoms. The lowest BCUT2D eigenvalue weighted by Gasteiger charge is -2.07. The van der Waals surface area contributed by atoms with Gasteiger partial charge in [0.15, 0.2) is 17.2 Å². The summed E-state index contributed by atoms with van der Waals surface area (Å²) in [5.41, 5.74) is 6.39. The zero-order valence-corrected chi connectivity index (χ0v) is 20.8. The number of aromatic nitrogens is 4. The molecule has 180 valence electrons. The van der Waals surface area contributed by atoms with E-state index in [9.17, 15) is 0 Å². The Bertz CT molecular complexity index is 1920. The van der Waals surface area contributed by atoms with E-state index in [0.717, 1.165) is 49.7 Å². The molecule has 5 nitrogen and oxygen atoms in total. The van der Waals surface area contributed by atoms with Crippen molar-refractivity contribution in [1.29, 1.82) is 0 Å². The van der Waals surface area contributed by atoms with Gasteiger partial charge in [-0.2, -0.15) is 9.97 Å². The lowest BCUT2D eigenvalue weighted by molar-refractivity contribution is 0.623. The van der Waals surface area contributed by atoms with E-state index >= 15 is 0 Å². The largest absolute Gasteiger partial charge is 0.435 e. The van der Waals surface area contributed by atoms with Gasteiger partial charge in [-0.3, -0.25) is 0 Å². The topological polar surface area (TPSA) is 64.7 Å². The molecule has 7 aromatic rings. The summed E-state index contributed by atoms with van der Waals surface area (Å²) in [4.78, 5) is 18.3. The van der Waals surface area contributed by atoms with Crippen LogP contribution < -0.4 is 0 Å². The van der Waals surface area contributed by atoms with E-state index in [1.54, 1.807) is 0 Å². The molecule has 0 saturated heterocycles. The van der Waals surface area contributed by atoms with Crippen LogP contribution >= 0.6 is 11.6 Å². The molecule has 0 unspecified atom stereocenters. The number of hydrogen-bond acceptors (Lipinski definition) is 5. The lowest BCUT2D eigenvalue weighted by atomic mass is 10.0. The number of oxazole rings is 1. The van der Waals surface area contributed by atoms with Crippen LogP contribution in [-0.2, 0) is 0 Å². The Hall–Kier alpha value is -4.87. The fraction of sp³-hybridized carbons (Fsp3) is 0. The molecule has 0 atom stereocenters. The molecule has 2 heterocycles. The van der Waals surface area contributed by atoms with Crippen LogP contribution in [0.4, 0.5) is 0 Å². The van der Waals surface area contributed by atoms with Gasteiger partial charge in [-0.05, 0) is 52.4 Å². The standard InChI is InChI=1S/C32H19ClN4O/c33-32-36-29(23-14-11-21(12-15-23)20-7-3-1-4-8-20)35-30(37-32)25-16-13-22-17-18-27-28(26(22)19-25)38-31(34-27)24-9-5-2-6-10-24/h1-19H. The van der Waals surface area contributed by atoms with Crippen molar-refractivity contribution >= 4 is 33.5 Å². The monoisotopic (exact) mass is 510 g/mol. The number of benzene rings is 5. The maximum Gasteiger partial charge on any atom is 0.227 e. The molecule has 0 spiro atoms. The highest BCUT2D eigenvalue weighted by Crippen LogP contribution is 2.33. The zero-order chi connectivity index (χ0) is 25.5. The number of halogens is 1. The van der Waals surface area contributed by atoms with E-state index in [-0.39, 0.29) is 5.28 Å². The molecule has 0 amide bonds. The third-order valence-corrected chi connectivity index (χ3v) is 6.68. The molecule has 0 fully saturated rings. The molecule has 2 aromatic heterocycles. The van der Waals surface area contributed by atoms with Crippen molar-refractivity contribution < 1.29 is 4.42 Å². The summed E-state index contributed by atoms with van der Waals surface area (Å²) in [6.07, 6.45) is 0. The van der Waals surface area contributed by atoms with Crippen LogP contribution in [0.2, 0.25) is 5.28 Å². The minimum Gasteiger partial charge on any atom is -0.435 e. The summed E-state index contributed by atoms with van der Waals surface area (Å²) in [5, 5.41) is 2.11. The van der Waals surface area contributed by atoms with E-state index in [4.69, 9.17) is 26.0 Å². The maximum atomic E-state index is 6.37. The van der Waals surface area contributed by atoms with E-state index in [2.05, 4.69) is 34.2 Å². The number of rotatable bonds is 4. The molecule has 0 radical (unpaired) electrons. The minimum absolute atomic E-state index is 0.140. The van der Waals surface area contributed by atoms with E-state index in [0.29, 0.717) is 17.5 Å².